The summed E-state index contributed by atoms with van der Waals surface area (Å²) in [5.41, 5.74) is 3.88. The predicted molar refractivity (Wildman–Crippen MR) is 161 cm³/mol. The molecule has 10 nitrogen and oxygen atoms in total. The summed E-state index contributed by atoms with van der Waals surface area (Å²) < 4.78 is 10.9. The van der Waals surface area contributed by atoms with E-state index in [9.17, 15) is 24.3 Å². The zero-order valence-electron chi connectivity index (χ0n) is 25.3. The van der Waals surface area contributed by atoms with Crippen LogP contribution in [0.2, 0.25) is 0 Å². The average molecular weight is 594 g/mol. The molecule has 10 heteroatoms. The van der Waals surface area contributed by atoms with Crippen molar-refractivity contribution in [1.29, 1.82) is 0 Å². The van der Waals surface area contributed by atoms with Gasteiger partial charge in [-0.3, -0.25) is 14.5 Å². The van der Waals surface area contributed by atoms with Crippen LogP contribution < -0.4 is 10.6 Å². The van der Waals surface area contributed by atoms with Crippen LogP contribution in [0.25, 0.3) is 11.1 Å². The number of nitrogens with zero attached hydrogens (tertiary/aromatic N) is 1. The topological polar surface area (TPSA) is 134 Å². The minimum absolute atomic E-state index is 0.0246. The number of piperidine rings is 1. The van der Waals surface area contributed by atoms with Gasteiger partial charge < -0.3 is 25.2 Å². The lowest BCUT2D eigenvalue weighted by atomic mass is 9.96. The maximum Gasteiger partial charge on any atom is 0.407 e. The van der Waals surface area contributed by atoms with E-state index in [0.717, 1.165) is 22.3 Å². The predicted octanol–water partition coefficient (Wildman–Crippen LogP) is 4.32. The van der Waals surface area contributed by atoms with Gasteiger partial charge >= 0.3 is 18.0 Å². The van der Waals surface area contributed by atoms with Gasteiger partial charge in [-0.25, -0.2) is 9.59 Å². The highest BCUT2D eigenvalue weighted by Crippen LogP contribution is 2.44. The van der Waals surface area contributed by atoms with Gasteiger partial charge in [0.25, 0.3) is 0 Å². The lowest BCUT2D eigenvalue weighted by molar-refractivity contribution is -0.156. The van der Waals surface area contributed by atoms with E-state index in [2.05, 4.69) is 22.8 Å². The number of unbranched alkanes of at least 4 members (excludes halogenated alkanes) is 1. The number of amides is 2. The maximum absolute atomic E-state index is 12.6. The fourth-order valence-electron chi connectivity index (χ4n) is 5.78. The van der Waals surface area contributed by atoms with Gasteiger partial charge in [0.05, 0.1) is 6.54 Å². The standard InChI is InChI=1S/C33H43N3O7/c1-33(2,3)43-29(37)20-36-18-15-22(16-19-36)30(38)34-17-9-8-14-28(31(39)40)35-32(41)42-21-27-25-12-6-4-10-23(25)24-11-5-7-13-26(24)27/h4-7,10-13,22,27-28H,8-9,14-21H2,1-3H3,(H,34,38)(H,35,41)(H,39,40)/t28-/m1/s1. The lowest BCUT2D eigenvalue weighted by Crippen LogP contribution is -2.43. The first-order chi connectivity index (χ1) is 20.5. The number of esters is 1. The van der Waals surface area contributed by atoms with E-state index in [1.54, 1.807) is 0 Å². The minimum atomic E-state index is -1.13. The molecule has 1 atom stereocenters. The summed E-state index contributed by atoms with van der Waals surface area (Å²) in [6.07, 6.45) is 1.88. The molecule has 2 aromatic carbocycles. The number of fused-ring (bicyclic) bond motifs is 3. The molecule has 2 aliphatic rings. The molecule has 4 rings (SSSR count). The second kappa shape index (κ2) is 14.5. The van der Waals surface area contributed by atoms with Crippen LogP contribution in [0.1, 0.15) is 69.9 Å². The van der Waals surface area contributed by atoms with Crippen LogP contribution in [-0.4, -0.2) is 78.4 Å². The van der Waals surface area contributed by atoms with Crippen molar-refractivity contribution in [3.05, 3.63) is 59.7 Å². The van der Waals surface area contributed by atoms with Crippen molar-refractivity contribution >= 4 is 23.9 Å². The molecule has 0 saturated carbocycles. The van der Waals surface area contributed by atoms with Crippen LogP contribution in [0.3, 0.4) is 0 Å². The van der Waals surface area contributed by atoms with E-state index in [0.29, 0.717) is 45.3 Å². The number of rotatable bonds is 12. The van der Waals surface area contributed by atoms with Crippen LogP contribution in [0.15, 0.2) is 48.5 Å². The number of aliphatic carboxylic acids is 1. The molecule has 2 amide bonds. The van der Waals surface area contributed by atoms with Crippen LogP contribution in [-0.2, 0) is 23.9 Å². The smallest absolute Gasteiger partial charge is 0.407 e. The van der Waals surface area contributed by atoms with Gasteiger partial charge in [0, 0.05) is 18.4 Å². The van der Waals surface area contributed by atoms with Crippen molar-refractivity contribution < 1.29 is 33.8 Å². The summed E-state index contributed by atoms with van der Waals surface area (Å²) in [5.74, 6) is -1.64. The Morgan fingerprint density at radius 1 is 0.953 bits per heavy atom. The molecular formula is C33H43N3O7. The normalized spacial score (nSPS) is 16.1. The van der Waals surface area contributed by atoms with E-state index in [-0.39, 0.29) is 43.3 Å². The number of hydrogen-bond acceptors (Lipinski definition) is 7. The van der Waals surface area contributed by atoms with Crippen LogP contribution >= 0.6 is 0 Å². The van der Waals surface area contributed by atoms with Crippen LogP contribution in [0.5, 0.6) is 0 Å². The van der Waals surface area contributed by atoms with Gasteiger partial charge in [0.1, 0.15) is 18.2 Å². The fourth-order valence-corrected chi connectivity index (χ4v) is 5.78. The Labute approximate surface area is 253 Å². The largest absolute Gasteiger partial charge is 0.480 e. The molecule has 232 valence electrons. The van der Waals surface area contributed by atoms with Crippen molar-refractivity contribution in [2.75, 3.05) is 32.8 Å². The molecular weight excluding hydrogens is 550 g/mol. The first-order valence-corrected chi connectivity index (χ1v) is 15.1. The zero-order valence-corrected chi connectivity index (χ0v) is 25.3. The number of benzene rings is 2. The second-order valence-corrected chi connectivity index (χ2v) is 12.3. The van der Waals surface area contributed by atoms with Crippen LogP contribution in [0, 0.1) is 5.92 Å². The number of ether oxygens (including phenoxy) is 2. The summed E-state index contributed by atoms with van der Waals surface area (Å²) in [7, 11) is 0. The summed E-state index contributed by atoms with van der Waals surface area (Å²) >= 11 is 0. The monoisotopic (exact) mass is 593 g/mol. The lowest BCUT2D eigenvalue weighted by Gasteiger charge is -2.31. The Morgan fingerprint density at radius 2 is 1.56 bits per heavy atom. The van der Waals surface area contributed by atoms with Gasteiger partial charge in [-0.15, -0.1) is 0 Å². The number of nitrogens with one attached hydrogen (secondary N) is 2. The maximum atomic E-state index is 12.6. The third kappa shape index (κ3) is 9.03. The number of carbonyl (C=O) groups is 4. The Hall–Kier alpha value is -3.92. The Kier molecular flexibility index (Phi) is 10.8. The van der Waals surface area contributed by atoms with Crippen molar-refractivity contribution in [3.63, 3.8) is 0 Å². The molecule has 1 heterocycles. The summed E-state index contributed by atoms with van der Waals surface area (Å²) in [6, 6.07) is 14.9. The molecule has 3 N–H and O–H groups in total. The van der Waals surface area contributed by atoms with E-state index < -0.39 is 23.7 Å². The molecule has 0 unspecified atom stereocenters. The Bertz CT molecular complexity index is 1250. The van der Waals surface area contributed by atoms with Crippen molar-refractivity contribution in [2.45, 2.75) is 70.4 Å². The summed E-state index contributed by atoms with van der Waals surface area (Å²) in [4.78, 5) is 51.0. The van der Waals surface area contributed by atoms with Gasteiger partial charge in [-0.1, -0.05) is 48.5 Å². The highest BCUT2D eigenvalue weighted by molar-refractivity contribution is 5.81. The van der Waals surface area contributed by atoms with Crippen LogP contribution in [0.4, 0.5) is 4.79 Å². The first kappa shape index (κ1) is 32.0. The minimum Gasteiger partial charge on any atom is -0.480 e. The Balaban J connectivity index is 1.13. The van der Waals surface area contributed by atoms with E-state index in [1.807, 2.05) is 62.1 Å². The van der Waals surface area contributed by atoms with E-state index >= 15 is 0 Å². The SMILES string of the molecule is CC(C)(C)OC(=O)CN1CCC(C(=O)NCCCC[C@@H](NC(=O)OCC2c3ccccc3-c3ccccc32)C(=O)O)CC1. The third-order valence-electron chi connectivity index (χ3n) is 7.88. The highest BCUT2D eigenvalue weighted by Gasteiger charge is 2.30. The number of alkyl carbamates (subject to hydrolysis) is 1. The molecule has 43 heavy (non-hydrogen) atoms. The fraction of sp³-hybridized carbons (Fsp3) is 0.515. The number of carboxylic acids is 1. The third-order valence-corrected chi connectivity index (χ3v) is 7.88. The van der Waals surface area contributed by atoms with Gasteiger partial charge in [0.15, 0.2) is 0 Å². The number of carboxylic acid groups (broad SMARTS) is 1. The van der Waals surface area contributed by atoms with Crippen molar-refractivity contribution in [2.24, 2.45) is 5.92 Å². The molecule has 0 aromatic heterocycles. The molecule has 1 aliphatic heterocycles. The number of carbonyl (C=O) groups excluding carboxylic acids is 3. The highest BCUT2D eigenvalue weighted by atomic mass is 16.6. The quantitative estimate of drug-likeness (QED) is 0.245. The van der Waals surface area contributed by atoms with E-state index in [1.165, 1.54) is 0 Å². The van der Waals surface area contributed by atoms with Gasteiger partial charge in [0.2, 0.25) is 5.91 Å². The number of likely N-dealkylation sites (tertiary alicyclic amines) is 1. The molecule has 1 saturated heterocycles. The first-order valence-electron chi connectivity index (χ1n) is 15.1. The molecule has 1 aliphatic carbocycles. The summed E-state index contributed by atoms with van der Waals surface area (Å²) in [5, 5.41) is 15.1. The molecule has 0 bridgehead atoms. The molecule has 0 spiro atoms. The van der Waals surface area contributed by atoms with Crippen molar-refractivity contribution in [3.8, 4) is 11.1 Å². The van der Waals surface area contributed by atoms with E-state index in [4.69, 9.17) is 9.47 Å². The number of hydrogen-bond donors (Lipinski definition) is 3. The molecule has 2 aromatic rings. The molecule has 0 radical (unpaired) electrons. The zero-order chi connectivity index (χ0) is 31.0. The van der Waals surface area contributed by atoms with Crippen molar-refractivity contribution in [1.82, 2.24) is 15.5 Å². The molecule has 1 fully saturated rings. The van der Waals surface area contributed by atoms with Gasteiger partial charge in [-0.2, -0.15) is 0 Å². The second-order valence-electron chi connectivity index (χ2n) is 12.3. The van der Waals surface area contributed by atoms with Gasteiger partial charge in [-0.05, 0) is 88.2 Å². The Morgan fingerprint density at radius 3 is 2.14 bits per heavy atom. The summed E-state index contributed by atoms with van der Waals surface area (Å²) in [6.45, 7) is 7.57. The average Bonchev–Trinajstić information content (AvgIpc) is 3.28.